The van der Waals surface area contributed by atoms with Crippen molar-refractivity contribution in [2.24, 2.45) is 0 Å². The first-order valence-electron chi connectivity index (χ1n) is 11.1. The number of nitrogens with zero attached hydrogens (tertiary/aromatic N) is 3. The molecule has 0 amide bonds. The molecule has 0 atom stereocenters. The van der Waals surface area contributed by atoms with E-state index < -0.39 is 0 Å². The molecule has 0 radical (unpaired) electrons. The van der Waals surface area contributed by atoms with Gasteiger partial charge >= 0.3 is 0 Å². The number of piperazine rings is 1. The summed E-state index contributed by atoms with van der Waals surface area (Å²) < 4.78 is 17.2. The fourth-order valence-electron chi connectivity index (χ4n) is 4.40. The predicted molar refractivity (Wildman–Crippen MR) is 121 cm³/mol. The maximum Gasteiger partial charge on any atom is 0.193 e. The molecule has 2 fully saturated rings. The van der Waals surface area contributed by atoms with E-state index >= 15 is 4.39 Å². The Bertz CT molecular complexity index is 1160. The Balaban J connectivity index is 1.47. The summed E-state index contributed by atoms with van der Waals surface area (Å²) in [6.45, 7) is 6.29. The van der Waals surface area contributed by atoms with Gasteiger partial charge in [-0.3, -0.25) is 9.78 Å². The van der Waals surface area contributed by atoms with Gasteiger partial charge in [0.15, 0.2) is 5.43 Å². The summed E-state index contributed by atoms with van der Waals surface area (Å²) in [5, 5.41) is 7.14. The van der Waals surface area contributed by atoms with Gasteiger partial charge in [-0.05, 0) is 49.6 Å². The molecule has 162 valence electrons. The minimum absolute atomic E-state index is 0.0870. The Labute approximate surface area is 181 Å². The second-order valence-electron chi connectivity index (χ2n) is 8.59. The molecule has 1 aromatic carbocycles. The second-order valence-corrected chi connectivity index (χ2v) is 8.59. The lowest BCUT2D eigenvalue weighted by atomic mass is 10.1. The third-order valence-electron chi connectivity index (χ3n) is 6.18. The lowest BCUT2D eigenvalue weighted by Crippen LogP contribution is -2.43. The van der Waals surface area contributed by atoms with Gasteiger partial charge in [0.25, 0.3) is 0 Å². The van der Waals surface area contributed by atoms with E-state index in [2.05, 4.69) is 25.1 Å². The van der Waals surface area contributed by atoms with Crippen LogP contribution in [0.15, 0.2) is 41.5 Å². The van der Waals surface area contributed by atoms with Gasteiger partial charge in [0.2, 0.25) is 0 Å². The predicted octanol–water partition coefficient (Wildman–Crippen LogP) is 2.88. The number of aryl methyl sites for hydroxylation is 1. The summed E-state index contributed by atoms with van der Waals surface area (Å²) in [5.41, 5.74) is 4.13. The van der Waals surface area contributed by atoms with Crippen molar-refractivity contribution in [3.05, 3.63) is 69.5 Å². The molecule has 2 N–H and O–H groups in total. The van der Waals surface area contributed by atoms with E-state index in [4.69, 9.17) is 0 Å². The second kappa shape index (κ2) is 8.40. The van der Waals surface area contributed by atoms with Gasteiger partial charge in [-0.15, -0.1) is 0 Å². The summed E-state index contributed by atoms with van der Waals surface area (Å²) in [5.74, 6) is -0.314. The normalized spacial score (nSPS) is 16.8. The van der Waals surface area contributed by atoms with Crippen molar-refractivity contribution >= 4 is 16.6 Å². The van der Waals surface area contributed by atoms with Gasteiger partial charge < -0.3 is 20.1 Å². The van der Waals surface area contributed by atoms with Crippen molar-refractivity contribution in [3.8, 4) is 0 Å². The fourth-order valence-corrected chi connectivity index (χ4v) is 4.40. The Morgan fingerprint density at radius 1 is 1.19 bits per heavy atom. The van der Waals surface area contributed by atoms with Crippen LogP contribution in [0.25, 0.3) is 10.9 Å². The standard InChI is InChI=1S/C24H28FN5O/c1-16-10-17(4-5-28-16)13-27-14-18-15-30(19-2-3-19)22-12-23(29-8-6-26-7-9-29)21(25)11-20(22)24(18)31/h4-5,10-12,15,19,26-27H,2-3,6-9,13-14H2,1H3. The summed E-state index contributed by atoms with van der Waals surface area (Å²) in [6, 6.07) is 7.72. The van der Waals surface area contributed by atoms with Crippen molar-refractivity contribution < 1.29 is 4.39 Å². The van der Waals surface area contributed by atoms with Crippen molar-refractivity contribution in [2.45, 2.75) is 38.9 Å². The molecule has 1 saturated carbocycles. The summed E-state index contributed by atoms with van der Waals surface area (Å²) in [6.07, 6.45) is 5.97. The molecule has 0 unspecified atom stereocenters. The molecule has 7 heteroatoms. The molecule has 2 aromatic heterocycles. The molecule has 2 aliphatic rings. The van der Waals surface area contributed by atoms with Crippen LogP contribution in [0.3, 0.4) is 0 Å². The molecule has 1 aliphatic heterocycles. The van der Waals surface area contributed by atoms with E-state index in [0.717, 1.165) is 55.8 Å². The van der Waals surface area contributed by atoms with Crippen LogP contribution >= 0.6 is 0 Å². The van der Waals surface area contributed by atoms with Gasteiger partial charge in [-0.25, -0.2) is 4.39 Å². The van der Waals surface area contributed by atoms with Gasteiger partial charge in [0.1, 0.15) is 5.82 Å². The van der Waals surface area contributed by atoms with E-state index in [1.54, 1.807) is 6.20 Å². The number of hydrogen-bond donors (Lipinski definition) is 2. The van der Waals surface area contributed by atoms with Crippen LogP contribution in [0, 0.1) is 12.7 Å². The van der Waals surface area contributed by atoms with Crippen molar-refractivity contribution in [1.29, 1.82) is 0 Å². The Hall–Kier alpha value is -2.77. The van der Waals surface area contributed by atoms with Crippen LogP contribution in [0.1, 0.15) is 35.7 Å². The maximum absolute atomic E-state index is 15.0. The van der Waals surface area contributed by atoms with E-state index in [1.807, 2.05) is 31.3 Å². The fraction of sp³-hybridized carbons (Fsp3) is 0.417. The summed E-state index contributed by atoms with van der Waals surface area (Å²) in [4.78, 5) is 19.5. The van der Waals surface area contributed by atoms with E-state index in [0.29, 0.717) is 35.8 Å². The summed E-state index contributed by atoms with van der Waals surface area (Å²) >= 11 is 0. The van der Waals surface area contributed by atoms with E-state index in [9.17, 15) is 4.79 Å². The van der Waals surface area contributed by atoms with Crippen molar-refractivity contribution in [2.75, 3.05) is 31.1 Å². The van der Waals surface area contributed by atoms with Crippen LogP contribution in [0.2, 0.25) is 0 Å². The first-order valence-corrected chi connectivity index (χ1v) is 11.1. The third kappa shape index (κ3) is 4.20. The highest BCUT2D eigenvalue weighted by Crippen LogP contribution is 2.38. The molecule has 0 bridgehead atoms. The Kier molecular flexibility index (Phi) is 5.46. The molecule has 3 aromatic rings. The molecule has 1 aliphatic carbocycles. The highest BCUT2D eigenvalue weighted by molar-refractivity contribution is 5.84. The van der Waals surface area contributed by atoms with Crippen LogP contribution in [-0.4, -0.2) is 35.7 Å². The van der Waals surface area contributed by atoms with Crippen molar-refractivity contribution in [3.63, 3.8) is 0 Å². The lowest BCUT2D eigenvalue weighted by Gasteiger charge is -2.30. The number of anilines is 1. The van der Waals surface area contributed by atoms with Gasteiger partial charge in [-0.2, -0.15) is 0 Å². The van der Waals surface area contributed by atoms with Gasteiger partial charge in [0, 0.05) is 74.3 Å². The molecule has 1 saturated heterocycles. The van der Waals surface area contributed by atoms with E-state index in [-0.39, 0.29) is 11.2 Å². The SMILES string of the molecule is Cc1cc(CNCc2cn(C3CC3)c3cc(N4CCNCC4)c(F)cc3c2=O)ccn1. The van der Waals surface area contributed by atoms with Crippen molar-refractivity contribution in [1.82, 2.24) is 20.2 Å². The van der Waals surface area contributed by atoms with Crippen LogP contribution < -0.4 is 21.0 Å². The topological polar surface area (TPSA) is 62.2 Å². The number of pyridine rings is 2. The number of aromatic nitrogens is 2. The zero-order valence-electron chi connectivity index (χ0n) is 17.8. The number of fused-ring (bicyclic) bond motifs is 1. The minimum atomic E-state index is -0.314. The highest BCUT2D eigenvalue weighted by Gasteiger charge is 2.27. The van der Waals surface area contributed by atoms with Crippen LogP contribution in [0.5, 0.6) is 0 Å². The lowest BCUT2D eigenvalue weighted by molar-refractivity contribution is 0.566. The molecule has 6 nitrogen and oxygen atoms in total. The Morgan fingerprint density at radius 3 is 2.74 bits per heavy atom. The molecule has 31 heavy (non-hydrogen) atoms. The monoisotopic (exact) mass is 421 g/mol. The first kappa shape index (κ1) is 20.2. The highest BCUT2D eigenvalue weighted by atomic mass is 19.1. The molecule has 0 spiro atoms. The zero-order chi connectivity index (χ0) is 21.4. The molecular formula is C24H28FN5O. The zero-order valence-corrected chi connectivity index (χ0v) is 17.8. The van der Waals surface area contributed by atoms with Crippen LogP contribution in [0.4, 0.5) is 10.1 Å². The average Bonchev–Trinajstić information content (AvgIpc) is 3.61. The quantitative estimate of drug-likeness (QED) is 0.641. The largest absolute Gasteiger partial charge is 0.367 e. The first-order chi connectivity index (χ1) is 15.1. The maximum atomic E-state index is 15.0. The Morgan fingerprint density at radius 2 is 2.00 bits per heavy atom. The number of benzene rings is 1. The summed E-state index contributed by atoms with van der Waals surface area (Å²) in [7, 11) is 0. The number of halogens is 1. The van der Waals surface area contributed by atoms with Gasteiger partial charge in [0.05, 0.1) is 11.2 Å². The molecule has 3 heterocycles. The average molecular weight is 422 g/mol. The van der Waals surface area contributed by atoms with Gasteiger partial charge in [-0.1, -0.05) is 0 Å². The molecule has 5 rings (SSSR count). The third-order valence-corrected chi connectivity index (χ3v) is 6.18. The smallest absolute Gasteiger partial charge is 0.193 e. The van der Waals surface area contributed by atoms with Crippen LogP contribution in [-0.2, 0) is 13.1 Å². The van der Waals surface area contributed by atoms with E-state index in [1.165, 1.54) is 6.07 Å². The number of rotatable bonds is 6. The number of nitrogens with one attached hydrogen (secondary N) is 2. The molecular weight excluding hydrogens is 393 g/mol. The minimum Gasteiger partial charge on any atom is -0.367 e. The number of hydrogen-bond acceptors (Lipinski definition) is 5.